The molecule has 1 radical (unpaired) electrons. The molecular formula is C5H11KO4P. The van der Waals surface area contributed by atoms with Gasteiger partial charge in [0, 0.05) is 57.2 Å². The maximum Gasteiger partial charge on any atom is 0.348 e. The van der Waals surface area contributed by atoms with Crippen LogP contribution in [0.3, 0.4) is 0 Å². The van der Waals surface area contributed by atoms with E-state index in [9.17, 15) is 4.57 Å². The molecule has 11 heavy (non-hydrogen) atoms. The normalized spacial score (nSPS) is 13.2. The van der Waals surface area contributed by atoms with Gasteiger partial charge in [-0.15, -0.1) is 0 Å². The third-order valence-electron chi connectivity index (χ3n) is 0.677. The average molecular weight is 205 g/mol. The third kappa shape index (κ3) is 14.4. The van der Waals surface area contributed by atoms with Gasteiger partial charge >= 0.3 is 7.60 Å². The number of rotatable bonds is 2. The molecule has 3 N–H and O–H groups in total. The molecule has 0 aromatic heterocycles. The zero-order chi connectivity index (χ0) is 8.41. The minimum Gasteiger partial charge on any atom is -0.386 e. The summed E-state index contributed by atoms with van der Waals surface area (Å²) in [6.45, 7) is 2.86. The Morgan fingerprint density at radius 1 is 1.36 bits per heavy atom. The molecule has 4 nitrogen and oxygen atoms in total. The van der Waals surface area contributed by atoms with Crippen molar-refractivity contribution in [3.63, 3.8) is 0 Å². The van der Waals surface area contributed by atoms with Crippen LogP contribution in [0.2, 0.25) is 0 Å². The Labute approximate surface area is 108 Å². The monoisotopic (exact) mass is 205 g/mol. The van der Waals surface area contributed by atoms with Gasteiger partial charge in [0.15, 0.2) is 0 Å². The van der Waals surface area contributed by atoms with Gasteiger partial charge in [0.05, 0.1) is 5.60 Å². The van der Waals surface area contributed by atoms with Gasteiger partial charge in [-0.25, -0.2) is 0 Å². The second-order valence-electron chi connectivity index (χ2n) is 2.56. The van der Waals surface area contributed by atoms with E-state index in [4.69, 9.17) is 14.9 Å². The first-order chi connectivity index (χ1) is 4.21. The molecule has 0 heterocycles. The standard InChI is InChI=1S/C5H11O4P.K/c1-5(2,6)3-4-10(7,8)9;/h3-4,6H,1-2H3,(H2,7,8,9);/b4-3-;. The van der Waals surface area contributed by atoms with Crippen LogP contribution in [0.25, 0.3) is 0 Å². The van der Waals surface area contributed by atoms with Crippen LogP contribution in [0.15, 0.2) is 11.9 Å². The van der Waals surface area contributed by atoms with Crippen LogP contribution in [-0.2, 0) is 4.57 Å². The summed E-state index contributed by atoms with van der Waals surface area (Å²) in [5.74, 6) is 0.688. The summed E-state index contributed by atoms with van der Waals surface area (Å²) in [6.07, 6.45) is 1.06. The van der Waals surface area contributed by atoms with Gasteiger partial charge in [-0.05, 0) is 19.9 Å². The molecule has 0 unspecified atom stereocenters. The van der Waals surface area contributed by atoms with Crippen molar-refractivity contribution in [1.82, 2.24) is 0 Å². The minimum atomic E-state index is -4.10. The molecule has 0 saturated carbocycles. The number of hydrogen-bond donors (Lipinski definition) is 3. The second kappa shape index (κ2) is 5.27. The van der Waals surface area contributed by atoms with Crippen LogP contribution < -0.4 is 0 Å². The molecule has 0 saturated heterocycles. The SMILES string of the molecule is CC(C)(O)/C=C\P(=O)(O)O.[K]. The van der Waals surface area contributed by atoms with Crippen molar-refractivity contribution in [3.8, 4) is 0 Å². The van der Waals surface area contributed by atoms with Crippen LogP contribution in [0, 0.1) is 0 Å². The summed E-state index contributed by atoms with van der Waals surface area (Å²) < 4.78 is 10.2. The molecule has 0 atom stereocenters. The Morgan fingerprint density at radius 3 is 1.82 bits per heavy atom. The Balaban J connectivity index is 0. The summed E-state index contributed by atoms with van der Waals surface area (Å²) in [5.41, 5.74) is -1.17. The van der Waals surface area contributed by atoms with Gasteiger partial charge < -0.3 is 14.9 Å². The molecule has 0 rings (SSSR count). The fourth-order valence-electron chi connectivity index (χ4n) is 0.280. The predicted molar refractivity (Wildman–Crippen MR) is 43.2 cm³/mol. The topological polar surface area (TPSA) is 77.8 Å². The van der Waals surface area contributed by atoms with Gasteiger partial charge in [-0.1, -0.05) is 0 Å². The minimum absolute atomic E-state index is 0. The predicted octanol–water partition coefficient (Wildman–Crippen LogP) is 0.0679. The summed E-state index contributed by atoms with van der Waals surface area (Å²) >= 11 is 0. The molecule has 0 aliphatic rings. The van der Waals surface area contributed by atoms with E-state index < -0.39 is 13.2 Å². The van der Waals surface area contributed by atoms with Crippen LogP contribution in [0.5, 0.6) is 0 Å². The van der Waals surface area contributed by atoms with E-state index in [1.54, 1.807) is 0 Å². The van der Waals surface area contributed by atoms with E-state index in [1.807, 2.05) is 0 Å². The van der Waals surface area contributed by atoms with E-state index >= 15 is 0 Å². The smallest absolute Gasteiger partial charge is 0.348 e. The van der Waals surface area contributed by atoms with Gasteiger partial charge in [-0.3, -0.25) is 4.57 Å². The van der Waals surface area contributed by atoms with Gasteiger partial charge in [0.25, 0.3) is 0 Å². The van der Waals surface area contributed by atoms with Crippen LogP contribution >= 0.6 is 7.60 Å². The van der Waals surface area contributed by atoms with Crippen LogP contribution in [-0.4, -0.2) is 71.9 Å². The van der Waals surface area contributed by atoms with Gasteiger partial charge in [0.2, 0.25) is 0 Å². The van der Waals surface area contributed by atoms with Crippen molar-refractivity contribution in [3.05, 3.63) is 11.9 Å². The van der Waals surface area contributed by atoms with Crippen LogP contribution in [0.1, 0.15) is 13.8 Å². The van der Waals surface area contributed by atoms with Crippen molar-refractivity contribution in [2.75, 3.05) is 0 Å². The molecule has 0 aromatic rings. The van der Waals surface area contributed by atoms with Crippen LogP contribution in [0.4, 0.5) is 0 Å². The summed E-state index contributed by atoms with van der Waals surface area (Å²) in [4.78, 5) is 16.6. The van der Waals surface area contributed by atoms with E-state index in [-0.39, 0.29) is 51.4 Å². The fraction of sp³-hybridized carbons (Fsp3) is 0.600. The van der Waals surface area contributed by atoms with E-state index in [2.05, 4.69) is 0 Å². The number of aliphatic hydroxyl groups is 1. The maximum absolute atomic E-state index is 10.2. The molecule has 0 aliphatic heterocycles. The molecule has 0 amide bonds. The van der Waals surface area contributed by atoms with Gasteiger partial charge in [0.1, 0.15) is 0 Å². The molecule has 0 aliphatic carbocycles. The van der Waals surface area contributed by atoms with Crippen molar-refractivity contribution in [1.29, 1.82) is 0 Å². The maximum atomic E-state index is 10.2. The molecule has 0 fully saturated rings. The molecular weight excluding hydrogens is 194 g/mol. The summed E-state index contributed by atoms with van der Waals surface area (Å²) in [7, 11) is -4.10. The van der Waals surface area contributed by atoms with Gasteiger partial charge in [-0.2, -0.15) is 0 Å². The largest absolute Gasteiger partial charge is 0.386 e. The molecule has 61 valence electrons. The van der Waals surface area contributed by atoms with Crippen molar-refractivity contribution >= 4 is 59.0 Å². The van der Waals surface area contributed by atoms with Crippen molar-refractivity contribution < 1.29 is 19.5 Å². The summed E-state index contributed by atoms with van der Waals surface area (Å²) in [6, 6.07) is 0. The summed E-state index contributed by atoms with van der Waals surface area (Å²) in [5, 5.41) is 8.95. The van der Waals surface area contributed by atoms with E-state index in [1.165, 1.54) is 13.8 Å². The first kappa shape index (κ1) is 15.0. The average Bonchev–Trinajstić information content (AvgIpc) is 1.57. The first-order valence-electron chi connectivity index (χ1n) is 2.69. The second-order valence-corrected chi connectivity index (χ2v) is 4.03. The Kier molecular flexibility index (Phi) is 7.17. The Hall–Kier alpha value is 1.49. The van der Waals surface area contributed by atoms with E-state index in [0.29, 0.717) is 5.82 Å². The third-order valence-corrected chi connectivity index (χ3v) is 1.21. The van der Waals surface area contributed by atoms with Crippen molar-refractivity contribution in [2.24, 2.45) is 0 Å². The molecule has 0 spiro atoms. The number of hydrogen-bond acceptors (Lipinski definition) is 2. The quantitative estimate of drug-likeness (QED) is 0.440. The first-order valence-corrected chi connectivity index (χ1v) is 4.37. The molecule has 0 bridgehead atoms. The molecule has 0 aromatic carbocycles. The fourth-order valence-corrected chi connectivity index (χ4v) is 0.839. The zero-order valence-corrected chi connectivity index (χ0v) is 10.9. The Morgan fingerprint density at radius 2 is 1.73 bits per heavy atom. The Bertz CT molecular complexity index is 177. The van der Waals surface area contributed by atoms with Crippen molar-refractivity contribution in [2.45, 2.75) is 19.4 Å². The van der Waals surface area contributed by atoms with E-state index in [0.717, 1.165) is 6.08 Å². The zero-order valence-electron chi connectivity index (χ0n) is 6.85. The molecule has 6 heteroatoms.